The fourth-order valence-electron chi connectivity index (χ4n) is 8.33. The third kappa shape index (κ3) is 6.85. The summed E-state index contributed by atoms with van der Waals surface area (Å²) in [4.78, 5) is 9.94. The zero-order chi connectivity index (χ0) is 38.3. The fourth-order valence-corrected chi connectivity index (χ4v) is 8.33. The quantitative estimate of drug-likeness (QED) is 0.111. The molecule has 2 N–H and O–H groups in total. The van der Waals surface area contributed by atoms with E-state index < -0.39 is 5.41 Å². The number of allylic oxidation sites excluding steroid dienone is 4. The lowest BCUT2D eigenvalue weighted by Gasteiger charge is -2.37. The Bertz CT molecular complexity index is 2540. The van der Waals surface area contributed by atoms with Crippen LogP contribution in [0.25, 0.3) is 22.3 Å². The van der Waals surface area contributed by atoms with Crippen molar-refractivity contribution in [1.82, 2.24) is 0 Å². The Labute approximate surface area is 331 Å². The first-order valence-corrected chi connectivity index (χ1v) is 19.4. The van der Waals surface area contributed by atoms with Gasteiger partial charge in [0.2, 0.25) is 0 Å². The molecule has 0 aromatic heterocycles. The molecule has 0 aliphatic heterocycles. The second-order valence-corrected chi connectivity index (χ2v) is 14.1. The highest BCUT2D eigenvalue weighted by Crippen LogP contribution is 2.59. The van der Waals surface area contributed by atoms with Gasteiger partial charge in [-0.25, -0.2) is 4.99 Å². The molecule has 1 aliphatic rings. The molecular weight excluding hydrogens is 679 g/mol. The zero-order valence-electron chi connectivity index (χ0n) is 31.9. The molecule has 8 rings (SSSR count). The van der Waals surface area contributed by atoms with Crippen molar-refractivity contribution in [2.45, 2.75) is 32.2 Å². The zero-order valence-corrected chi connectivity index (χ0v) is 31.9. The molecule has 0 fully saturated rings. The van der Waals surface area contributed by atoms with Gasteiger partial charge in [0.25, 0.3) is 0 Å². The Kier molecular flexibility index (Phi) is 10.5. The minimum absolute atomic E-state index is 0.431. The number of hydrogen-bond acceptors (Lipinski definition) is 1. The van der Waals surface area contributed by atoms with Crippen molar-refractivity contribution in [2.24, 2.45) is 15.7 Å². The lowest BCUT2D eigenvalue weighted by atomic mass is 9.64. The summed E-state index contributed by atoms with van der Waals surface area (Å²) in [5.41, 5.74) is 21.5. The summed E-state index contributed by atoms with van der Waals surface area (Å²) >= 11 is 0. The van der Waals surface area contributed by atoms with Gasteiger partial charge in [-0.05, 0) is 86.7 Å². The normalized spacial score (nSPS) is 14.1. The van der Waals surface area contributed by atoms with Gasteiger partial charge in [0.05, 0.1) is 12.0 Å². The SMILES string of the molecule is C/C=C(\C1=C(CC)c2ccccc2C1(c1ccccc1)c1ccccc1)c1cccc(-c2cccc(C(N=C(N)c3ccccc3)=NCc3ccccc3)c2)c1. The van der Waals surface area contributed by atoms with Crippen LogP contribution in [0.2, 0.25) is 0 Å². The summed E-state index contributed by atoms with van der Waals surface area (Å²) in [6, 6.07) is 68.6. The van der Waals surface area contributed by atoms with Crippen molar-refractivity contribution in [3.8, 4) is 11.1 Å². The van der Waals surface area contributed by atoms with E-state index in [0.717, 1.165) is 34.2 Å². The van der Waals surface area contributed by atoms with Crippen LogP contribution < -0.4 is 5.73 Å². The van der Waals surface area contributed by atoms with Crippen molar-refractivity contribution in [3.05, 3.63) is 250 Å². The Morgan fingerprint density at radius 1 is 0.571 bits per heavy atom. The largest absolute Gasteiger partial charge is 0.383 e. The van der Waals surface area contributed by atoms with E-state index in [0.29, 0.717) is 18.2 Å². The minimum atomic E-state index is -0.497. The highest BCUT2D eigenvalue weighted by atomic mass is 15.0. The van der Waals surface area contributed by atoms with E-state index >= 15 is 0 Å². The van der Waals surface area contributed by atoms with Crippen LogP contribution in [-0.2, 0) is 12.0 Å². The van der Waals surface area contributed by atoms with Crippen molar-refractivity contribution in [3.63, 3.8) is 0 Å². The molecule has 0 heterocycles. The first kappa shape index (κ1) is 36.2. The molecule has 7 aromatic carbocycles. The summed E-state index contributed by atoms with van der Waals surface area (Å²) in [5.74, 6) is 1.03. The number of benzene rings is 7. The highest BCUT2D eigenvalue weighted by molar-refractivity contribution is 6.11. The topological polar surface area (TPSA) is 50.7 Å². The fraction of sp³-hybridized carbons (Fsp3) is 0.0943. The molecule has 56 heavy (non-hydrogen) atoms. The maximum absolute atomic E-state index is 6.60. The average molecular weight is 724 g/mol. The number of fused-ring (bicyclic) bond motifs is 1. The maximum atomic E-state index is 6.60. The molecule has 1 aliphatic carbocycles. The van der Waals surface area contributed by atoms with Gasteiger partial charge in [0.1, 0.15) is 5.84 Å². The first-order valence-electron chi connectivity index (χ1n) is 19.4. The van der Waals surface area contributed by atoms with Crippen molar-refractivity contribution in [2.75, 3.05) is 0 Å². The van der Waals surface area contributed by atoms with Gasteiger partial charge in [-0.1, -0.05) is 195 Å². The Balaban J connectivity index is 1.25. The molecule has 0 saturated heterocycles. The predicted molar refractivity (Wildman–Crippen MR) is 236 cm³/mol. The average Bonchev–Trinajstić information content (AvgIpc) is 3.57. The van der Waals surface area contributed by atoms with Gasteiger partial charge in [-0.15, -0.1) is 0 Å². The van der Waals surface area contributed by atoms with Crippen LogP contribution in [0.15, 0.2) is 216 Å². The molecule has 0 amide bonds. The first-order chi connectivity index (χ1) is 27.6. The van der Waals surface area contributed by atoms with E-state index in [9.17, 15) is 0 Å². The number of amidine groups is 2. The summed E-state index contributed by atoms with van der Waals surface area (Å²) < 4.78 is 0. The molecule has 0 spiro atoms. The minimum Gasteiger partial charge on any atom is -0.383 e. The highest BCUT2D eigenvalue weighted by Gasteiger charge is 2.48. The van der Waals surface area contributed by atoms with Crippen LogP contribution in [-0.4, -0.2) is 11.7 Å². The Hall–Kier alpha value is -6.84. The van der Waals surface area contributed by atoms with E-state index in [4.69, 9.17) is 15.7 Å². The monoisotopic (exact) mass is 723 g/mol. The molecule has 7 aromatic rings. The number of nitrogens with two attached hydrogens (primary N) is 1. The molecular formula is C53H45N3. The van der Waals surface area contributed by atoms with Crippen LogP contribution in [0.3, 0.4) is 0 Å². The standard InChI is InChI=1S/C53H45N3/c1-3-46(50-47(4-2)48-33-17-18-34-49(48)53(50,44-29-13-7-14-30-44)45-31-15-8-16-32-45)42-27-19-25-40(35-42)41-26-20-28-43(36-41)52(55-37-38-21-9-5-10-22-38)56-51(54)39-23-11-6-12-24-39/h3,5-36H,4,37H2,1-2H3,(H2,54,55,56)/b46-3-. The summed E-state index contributed by atoms with van der Waals surface area (Å²) in [7, 11) is 0. The molecule has 3 heteroatoms. The number of aliphatic imine (C=N–C) groups is 2. The van der Waals surface area contributed by atoms with E-state index in [1.54, 1.807) is 0 Å². The lowest BCUT2D eigenvalue weighted by molar-refractivity contribution is 0.764. The molecule has 0 radical (unpaired) electrons. The molecule has 0 atom stereocenters. The third-order valence-electron chi connectivity index (χ3n) is 10.8. The van der Waals surface area contributed by atoms with Crippen LogP contribution in [0.1, 0.15) is 64.8 Å². The smallest absolute Gasteiger partial charge is 0.157 e. The lowest BCUT2D eigenvalue weighted by Crippen LogP contribution is -2.30. The number of hydrogen-bond donors (Lipinski definition) is 1. The Morgan fingerprint density at radius 2 is 1.09 bits per heavy atom. The summed E-state index contributed by atoms with van der Waals surface area (Å²) in [6.45, 7) is 4.96. The van der Waals surface area contributed by atoms with Crippen LogP contribution in [0.4, 0.5) is 0 Å². The predicted octanol–water partition coefficient (Wildman–Crippen LogP) is 12.3. The summed E-state index contributed by atoms with van der Waals surface area (Å²) in [5, 5.41) is 0. The van der Waals surface area contributed by atoms with Crippen molar-refractivity contribution >= 4 is 22.8 Å². The number of nitrogens with zero attached hydrogens (tertiary/aromatic N) is 2. The van der Waals surface area contributed by atoms with Gasteiger partial charge in [-0.3, -0.25) is 4.99 Å². The van der Waals surface area contributed by atoms with E-state index in [2.05, 4.69) is 166 Å². The van der Waals surface area contributed by atoms with Gasteiger partial charge in [0.15, 0.2) is 5.84 Å². The van der Waals surface area contributed by atoms with Gasteiger partial charge >= 0.3 is 0 Å². The van der Waals surface area contributed by atoms with Gasteiger partial charge in [0, 0.05) is 11.1 Å². The van der Waals surface area contributed by atoms with Crippen LogP contribution in [0.5, 0.6) is 0 Å². The number of rotatable bonds is 10. The molecule has 0 bridgehead atoms. The van der Waals surface area contributed by atoms with E-state index in [-0.39, 0.29) is 0 Å². The maximum Gasteiger partial charge on any atom is 0.157 e. The van der Waals surface area contributed by atoms with Crippen LogP contribution in [0, 0.1) is 0 Å². The molecule has 3 nitrogen and oxygen atoms in total. The van der Waals surface area contributed by atoms with Crippen LogP contribution >= 0.6 is 0 Å². The molecule has 0 unspecified atom stereocenters. The second kappa shape index (κ2) is 16.3. The van der Waals surface area contributed by atoms with Gasteiger partial charge < -0.3 is 5.73 Å². The summed E-state index contributed by atoms with van der Waals surface area (Å²) in [6.07, 6.45) is 3.22. The second-order valence-electron chi connectivity index (χ2n) is 14.1. The van der Waals surface area contributed by atoms with Crippen molar-refractivity contribution in [1.29, 1.82) is 0 Å². The molecule has 0 saturated carbocycles. The Morgan fingerprint density at radius 3 is 1.70 bits per heavy atom. The van der Waals surface area contributed by atoms with Crippen molar-refractivity contribution < 1.29 is 0 Å². The van der Waals surface area contributed by atoms with E-state index in [1.165, 1.54) is 44.5 Å². The van der Waals surface area contributed by atoms with E-state index in [1.807, 2.05) is 48.5 Å². The third-order valence-corrected chi connectivity index (χ3v) is 10.8. The molecule has 272 valence electrons. The van der Waals surface area contributed by atoms with Gasteiger partial charge in [-0.2, -0.15) is 0 Å².